The Morgan fingerprint density at radius 3 is 2.47 bits per heavy atom. The molecule has 0 amide bonds. The maximum Gasteiger partial charge on any atom is 0.308 e. The van der Waals surface area contributed by atoms with E-state index in [9.17, 15) is 13.2 Å². The van der Waals surface area contributed by atoms with Gasteiger partial charge < -0.3 is 21.5 Å². The van der Waals surface area contributed by atoms with Crippen molar-refractivity contribution in [1.29, 1.82) is 5.26 Å². The molecule has 2 rings (SSSR count). The summed E-state index contributed by atoms with van der Waals surface area (Å²) in [7, 11) is -3.99. The van der Waals surface area contributed by atoms with Gasteiger partial charge in [0.25, 0.3) is 0 Å². The lowest BCUT2D eigenvalue weighted by Crippen LogP contribution is -2.42. The number of hydrogen-bond acceptors (Lipinski definition) is 8. The van der Waals surface area contributed by atoms with E-state index in [1.54, 1.807) is 51.1 Å². The monoisotopic (exact) mass is 485 g/mol. The minimum Gasteiger partial charge on any atom is -0.460 e. The van der Waals surface area contributed by atoms with Crippen LogP contribution in [0.4, 0.5) is 17.1 Å². The van der Waals surface area contributed by atoms with Crippen LogP contribution in [0.1, 0.15) is 32.8 Å². The average Bonchev–Trinajstić information content (AvgIpc) is 2.72. The van der Waals surface area contributed by atoms with Gasteiger partial charge in [0, 0.05) is 18.8 Å². The largest absolute Gasteiger partial charge is 0.460 e. The standard InChI is InChI=1S/C24H31N5O4S/c1-5-12-29(34(31,32)22-9-7-6-8-20(22)26)16-19(14-23(30)33-24(2,3)4)28-18-11-10-17(15-25)21(27)13-18/h5-11,13,19,28H,1,12,14,16,26-27H2,2-4H3/t19-/m0/s1. The lowest BCUT2D eigenvalue weighted by Gasteiger charge is -2.28. The van der Waals surface area contributed by atoms with Crippen LogP contribution in [0.2, 0.25) is 0 Å². The second-order valence-corrected chi connectivity index (χ2v) is 10.6. The number of nitrogen functional groups attached to an aromatic ring is 2. The SMILES string of the molecule is C=CCN(C[C@H](CC(=O)OC(C)(C)C)Nc1ccc(C#N)c(N)c1)S(=O)(=O)c1ccccc1N. The number of ether oxygens (including phenoxy) is 1. The number of carbonyl (C=O) groups is 1. The molecule has 5 N–H and O–H groups in total. The highest BCUT2D eigenvalue weighted by Gasteiger charge is 2.30. The molecule has 2 aromatic carbocycles. The predicted molar refractivity (Wildman–Crippen MR) is 133 cm³/mol. The van der Waals surface area contributed by atoms with Crippen molar-refractivity contribution in [2.75, 3.05) is 29.9 Å². The Kier molecular flexibility index (Phi) is 8.68. The normalized spacial score (nSPS) is 12.6. The van der Waals surface area contributed by atoms with Gasteiger partial charge in [-0.1, -0.05) is 18.2 Å². The molecule has 34 heavy (non-hydrogen) atoms. The van der Waals surface area contributed by atoms with E-state index >= 15 is 0 Å². The molecular formula is C24H31N5O4S. The van der Waals surface area contributed by atoms with Crippen molar-refractivity contribution in [3.8, 4) is 6.07 Å². The Morgan fingerprint density at radius 1 is 1.24 bits per heavy atom. The molecule has 10 heteroatoms. The second kappa shape index (κ2) is 11.0. The summed E-state index contributed by atoms with van der Waals surface area (Å²) in [4.78, 5) is 12.6. The first kappa shape index (κ1) is 26.7. The number of anilines is 3. The van der Waals surface area contributed by atoms with Crippen molar-refractivity contribution in [2.45, 2.75) is 43.7 Å². The Bertz CT molecular complexity index is 1180. The average molecular weight is 486 g/mol. The molecule has 0 aliphatic heterocycles. The van der Waals surface area contributed by atoms with Crippen LogP contribution in [0, 0.1) is 11.3 Å². The highest BCUT2D eigenvalue weighted by molar-refractivity contribution is 7.89. The van der Waals surface area contributed by atoms with Crippen molar-refractivity contribution in [2.24, 2.45) is 0 Å². The van der Waals surface area contributed by atoms with Gasteiger partial charge >= 0.3 is 5.97 Å². The van der Waals surface area contributed by atoms with E-state index in [0.29, 0.717) is 11.3 Å². The van der Waals surface area contributed by atoms with Crippen LogP contribution in [0.25, 0.3) is 0 Å². The molecule has 0 fully saturated rings. The number of carbonyl (C=O) groups excluding carboxylic acids is 1. The number of nitrogens with zero attached hydrogens (tertiary/aromatic N) is 2. The summed E-state index contributed by atoms with van der Waals surface area (Å²) in [6.07, 6.45) is 1.34. The van der Waals surface area contributed by atoms with Crippen LogP contribution in [0.15, 0.2) is 60.0 Å². The van der Waals surface area contributed by atoms with Crippen LogP contribution < -0.4 is 16.8 Å². The van der Waals surface area contributed by atoms with Gasteiger partial charge in [0.1, 0.15) is 16.6 Å². The van der Waals surface area contributed by atoms with E-state index < -0.39 is 27.6 Å². The molecule has 9 nitrogen and oxygen atoms in total. The summed E-state index contributed by atoms with van der Waals surface area (Å²) in [6, 6.07) is 12.2. The molecule has 0 saturated carbocycles. The van der Waals surface area contributed by atoms with Crippen LogP contribution in [-0.4, -0.2) is 43.4 Å². The van der Waals surface area contributed by atoms with Gasteiger partial charge in [-0.15, -0.1) is 6.58 Å². The van der Waals surface area contributed by atoms with Gasteiger partial charge in [-0.2, -0.15) is 9.57 Å². The quantitative estimate of drug-likeness (QED) is 0.264. The van der Waals surface area contributed by atoms with Crippen LogP contribution in [0.3, 0.4) is 0 Å². The highest BCUT2D eigenvalue weighted by Crippen LogP contribution is 2.24. The second-order valence-electron chi connectivity index (χ2n) is 8.69. The summed E-state index contributed by atoms with van der Waals surface area (Å²) in [5, 5.41) is 12.3. The summed E-state index contributed by atoms with van der Waals surface area (Å²) in [5.74, 6) is -0.498. The molecular weight excluding hydrogens is 454 g/mol. The van der Waals surface area contributed by atoms with E-state index in [1.807, 2.05) is 6.07 Å². The molecule has 0 heterocycles. The van der Waals surface area contributed by atoms with E-state index in [0.717, 1.165) is 0 Å². The predicted octanol–water partition coefficient (Wildman–Crippen LogP) is 3.11. The fourth-order valence-corrected chi connectivity index (χ4v) is 4.82. The van der Waals surface area contributed by atoms with E-state index in [2.05, 4.69) is 11.9 Å². The van der Waals surface area contributed by atoms with Crippen molar-refractivity contribution in [3.05, 3.63) is 60.7 Å². The van der Waals surface area contributed by atoms with Gasteiger partial charge in [-0.3, -0.25) is 4.79 Å². The number of nitrogens with one attached hydrogen (secondary N) is 1. The third kappa shape index (κ3) is 7.23. The molecule has 2 aromatic rings. The number of rotatable bonds is 10. The van der Waals surface area contributed by atoms with Crippen molar-refractivity contribution >= 4 is 33.1 Å². The Labute approximate surface area is 201 Å². The summed E-state index contributed by atoms with van der Waals surface area (Å²) in [5.41, 5.74) is 12.4. The minimum absolute atomic E-state index is 0.00131. The number of hydrogen-bond donors (Lipinski definition) is 3. The topological polar surface area (TPSA) is 152 Å². The minimum atomic E-state index is -3.99. The number of sulfonamides is 1. The molecule has 1 atom stereocenters. The van der Waals surface area contributed by atoms with Crippen molar-refractivity contribution in [1.82, 2.24) is 4.31 Å². The van der Waals surface area contributed by atoms with E-state index in [4.69, 9.17) is 21.5 Å². The molecule has 0 bridgehead atoms. The fraction of sp³-hybridized carbons (Fsp3) is 0.333. The maximum absolute atomic E-state index is 13.4. The molecule has 0 spiro atoms. The number of para-hydroxylation sites is 1. The molecule has 182 valence electrons. The number of esters is 1. The zero-order valence-corrected chi connectivity index (χ0v) is 20.4. The number of nitrogens with two attached hydrogens (primary N) is 2. The Hall–Kier alpha value is -3.55. The first-order valence-electron chi connectivity index (χ1n) is 10.6. The third-order valence-corrected chi connectivity index (χ3v) is 6.58. The maximum atomic E-state index is 13.4. The zero-order valence-electron chi connectivity index (χ0n) is 19.6. The highest BCUT2D eigenvalue weighted by atomic mass is 32.2. The van der Waals surface area contributed by atoms with E-state index in [1.165, 1.54) is 22.5 Å². The third-order valence-electron chi connectivity index (χ3n) is 4.67. The molecule has 0 radical (unpaired) electrons. The first-order chi connectivity index (χ1) is 15.9. The molecule has 0 aliphatic carbocycles. The molecule has 0 aromatic heterocycles. The summed E-state index contributed by atoms with van der Waals surface area (Å²) in [6.45, 7) is 8.84. The van der Waals surface area contributed by atoms with Crippen LogP contribution >= 0.6 is 0 Å². The van der Waals surface area contributed by atoms with Crippen molar-refractivity contribution < 1.29 is 17.9 Å². The smallest absolute Gasteiger partial charge is 0.308 e. The summed E-state index contributed by atoms with van der Waals surface area (Å²) < 4.78 is 33.4. The Balaban J connectivity index is 2.39. The van der Waals surface area contributed by atoms with Crippen molar-refractivity contribution in [3.63, 3.8) is 0 Å². The lowest BCUT2D eigenvalue weighted by molar-refractivity contribution is -0.155. The van der Waals surface area contributed by atoms with Gasteiger partial charge in [0.2, 0.25) is 10.0 Å². The van der Waals surface area contributed by atoms with Crippen LogP contribution in [0.5, 0.6) is 0 Å². The van der Waals surface area contributed by atoms with Gasteiger partial charge in [0.15, 0.2) is 0 Å². The van der Waals surface area contributed by atoms with E-state index in [-0.39, 0.29) is 35.8 Å². The number of benzene rings is 2. The lowest BCUT2D eigenvalue weighted by atomic mass is 10.1. The Morgan fingerprint density at radius 2 is 1.91 bits per heavy atom. The molecule has 0 aliphatic rings. The summed E-state index contributed by atoms with van der Waals surface area (Å²) >= 11 is 0. The molecule has 0 saturated heterocycles. The fourth-order valence-electron chi connectivity index (χ4n) is 3.25. The van der Waals surface area contributed by atoms with Gasteiger partial charge in [0.05, 0.1) is 29.4 Å². The molecule has 0 unspecified atom stereocenters. The van der Waals surface area contributed by atoms with Gasteiger partial charge in [-0.25, -0.2) is 8.42 Å². The first-order valence-corrected chi connectivity index (χ1v) is 12.0. The number of nitriles is 1. The zero-order chi connectivity index (χ0) is 25.5. The van der Waals surface area contributed by atoms with Gasteiger partial charge in [-0.05, 0) is 51.1 Å². The van der Waals surface area contributed by atoms with Crippen LogP contribution in [-0.2, 0) is 19.6 Å².